The zero-order chi connectivity index (χ0) is 50.0. The summed E-state index contributed by atoms with van der Waals surface area (Å²) in [5.41, 5.74) is 0. The lowest BCUT2D eigenvalue weighted by atomic mass is 10.1. The predicted molar refractivity (Wildman–Crippen MR) is 297 cm³/mol. The fraction of sp³-hybridized carbons (Fsp3) is 0.667. The summed E-state index contributed by atoms with van der Waals surface area (Å²) in [7, 11) is 0. The molecule has 0 aromatic carbocycles. The number of rotatable bonds is 50. The van der Waals surface area contributed by atoms with E-state index in [2.05, 4.69) is 130 Å². The van der Waals surface area contributed by atoms with Crippen LogP contribution in [0.3, 0.4) is 0 Å². The highest BCUT2D eigenvalue weighted by Crippen LogP contribution is 2.14. The molecule has 0 spiro atoms. The third-order valence-corrected chi connectivity index (χ3v) is 11.9. The van der Waals surface area contributed by atoms with Gasteiger partial charge in [-0.3, -0.25) is 14.4 Å². The monoisotopic (exact) mass is 957 g/mol. The topological polar surface area (TPSA) is 78.9 Å². The average Bonchev–Trinajstić information content (AvgIpc) is 3.35. The Morgan fingerprint density at radius 1 is 0.319 bits per heavy atom. The second-order valence-corrected chi connectivity index (χ2v) is 18.6. The lowest BCUT2D eigenvalue weighted by molar-refractivity contribution is -0.167. The van der Waals surface area contributed by atoms with Gasteiger partial charge in [0.1, 0.15) is 13.2 Å². The summed E-state index contributed by atoms with van der Waals surface area (Å²) < 4.78 is 16.8. The van der Waals surface area contributed by atoms with Crippen molar-refractivity contribution in [3.8, 4) is 0 Å². The fourth-order valence-electron chi connectivity index (χ4n) is 7.58. The van der Waals surface area contributed by atoms with E-state index in [9.17, 15) is 14.4 Å². The molecule has 0 heterocycles. The first-order chi connectivity index (χ1) is 34.0. The molecule has 0 amide bonds. The zero-order valence-electron chi connectivity index (χ0n) is 44.8. The molecule has 0 aromatic rings. The Hall–Kier alpha value is -3.93. The van der Waals surface area contributed by atoms with Crippen LogP contribution in [0.4, 0.5) is 0 Å². The number of carbonyl (C=O) groups excluding carboxylic acids is 3. The van der Waals surface area contributed by atoms with Gasteiger partial charge in [0.2, 0.25) is 0 Å². The Bertz CT molecular complexity index is 1420. The van der Waals surface area contributed by atoms with E-state index < -0.39 is 6.10 Å². The number of allylic oxidation sites excluding steroid dienone is 18. The summed E-state index contributed by atoms with van der Waals surface area (Å²) in [6.07, 6.45) is 76.4. The molecule has 0 aromatic heterocycles. The van der Waals surface area contributed by atoms with Crippen molar-refractivity contribution in [1.29, 1.82) is 0 Å². The highest BCUT2D eigenvalue weighted by Gasteiger charge is 2.19. The van der Waals surface area contributed by atoms with Crippen molar-refractivity contribution < 1.29 is 28.6 Å². The summed E-state index contributed by atoms with van der Waals surface area (Å²) in [4.78, 5) is 38.2. The number of carbonyl (C=O) groups is 3. The van der Waals surface area contributed by atoms with Crippen molar-refractivity contribution >= 4 is 17.9 Å². The molecule has 0 aliphatic carbocycles. The Labute approximate surface area is 425 Å². The normalized spacial score (nSPS) is 12.9. The minimum absolute atomic E-state index is 0.0985. The van der Waals surface area contributed by atoms with Crippen molar-refractivity contribution in [2.45, 2.75) is 258 Å². The fourth-order valence-corrected chi connectivity index (χ4v) is 7.58. The van der Waals surface area contributed by atoms with Crippen LogP contribution in [0.2, 0.25) is 0 Å². The third kappa shape index (κ3) is 54.9. The number of ether oxygens (including phenoxy) is 3. The molecule has 0 aliphatic rings. The van der Waals surface area contributed by atoms with Gasteiger partial charge in [-0.05, 0) is 103 Å². The second kappa shape index (κ2) is 56.7. The van der Waals surface area contributed by atoms with Gasteiger partial charge in [-0.2, -0.15) is 0 Å². The van der Waals surface area contributed by atoms with Crippen LogP contribution in [-0.2, 0) is 28.6 Å². The minimum atomic E-state index is -0.804. The molecule has 0 aliphatic heterocycles. The van der Waals surface area contributed by atoms with Gasteiger partial charge in [-0.25, -0.2) is 0 Å². The van der Waals surface area contributed by atoms with Gasteiger partial charge in [0.25, 0.3) is 0 Å². The predicted octanol–water partition coefficient (Wildman–Crippen LogP) is 19.1. The molecule has 6 heteroatoms. The van der Waals surface area contributed by atoms with E-state index in [1.54, 1.807) is 0 Å². The molecule has 69 heavy (non-hydrogen) atoms. The Kier molecular flexibility index (Phi) is 53.4. The van der Waals surface area contributed by atoms with Crippen LogP contribution in [0.15, 0.2) is 109 Å². The van der Waals surface area contributed by atoms with Crippen LogP contribution in [0.25, 0.3) is 0 Å². The lowest BCUT2D eigenvalue weighted by Crippen LogP contribution is -2.30. The van der Waals surface area contributed by atoms with Crippen LogP contribution >= 0.6 is 0 Å². The molecular formula is C63H104O6. The lowest BCUT2D eigenvalue weighted by Gasteiger charge is -2.18. The van der Waals surface area contributed by atoms with Crippen LogP contribution in [0.1, 0.15) is 252 Å². The molecule has 0 bridgehead atoms. The van der Waals surface area contributed by atoms with E-state index in [0.29, 0.717) is 19.3 Å². The van der Waals surface area contributed by atoms with E-state index in [-0.39, 0.29) is 31.1 Å². The van der Waals surface area contributed by atoms with Crippen LogP contribution in [0, 0.1) is 0 Å². The van der Waals surface area contributed by atoms with Crippen LogP contribution in [-0.4, -0.2) is 37.2 Å². The first-order valence-electron chi connectivity index (χ1n) is 28.5. The molecule has 0 saturated carbocycles. The van der Waals surface area contributed by atoms with Crippen LogP contribution < -0.4 is 0 Å². The molecule has 0 fully saturated rings. The molecule has 0 N–H and O–H groups in total. The van der Waals surface area contributed by atoms with E-state index >= 15 is 0 Å². The minimum Gasteiger partial charge on any atom is -0.462 e. The van der Waals surface area contributed by atoms with Gasteiger partial charge in [-0.15, -0.1) is 0 Å². The number of unbranched alkanes of at least 4 members (excludes halogenated alkanes) is 25. The second-order valence-electron chi connectivity index (χ2n) is 18.6. The van der Waals surface area contributed by atoms with Crippen molar-refractivity contribution in [3.63, 3.8) is 0 Å². The van der Waals surface area contributed by atoms with E-state index in [0.717, 1.165) is 116 Å². The Balaban J connectivity index is 4.47. The van der Waals surface area contributed by atoms with E-state index in [1.807, 2.05) is 0 Å². The molecule has 0 saturated heterocycles. The summed E-state index contributed by atoms with van der Waals surface area (Å²) >= 11 is 0. The summed E-state index contributed by atoms with van der Waals surface area (Å²) in [5.74, 6) is -0.948. The number of hydrogen-bond acceptors (Lipinski definition) is 6. The third-order valence-electron chi connectivity index (χ3n) is 11.9. The van der Waals surface area contributed by atoms with Crippen molar-refractivity contribution in [3.05, 3.63) is 109 Å². The van der Waals surface area contributed by atoms with Gasteiger partial charge in [0, 0.05) is 19.3 Å². The smallest absolute Gasteiger partial charge is 0.306 e. The summed E-state index contributed by atoms with van der Waals surface area (Å²) in [6.45, 7) is 6.42. The molecule has 0 radical (unpaired) electrons. The Morgan fingerprint density at radius 2 is 0.623 bits per heavy atom. The van der Waals surface area contributed by atoms with Crippen molar-refractivity contribution in [2.75, 3.05) is 13.2 Å². The zero-order valence-corrected chi connectivity index (χ0v) is 44.8. The molecule has 392 valence electrons. The van der Waals surface area contributed by atoms with Crippen molar-refractivity contribution in [2.24, 2.45) is 0 Å². The first-order valence-corrected chi connectivity index (χ1v) is 28.5. The van der Waals surface area contributed by atoms with Gasteiger partial charge in [-0.1, -0.05) is 239 Å². The maximum atomic E-state index is 12.9. The van der Waals surface area contributed by atoms with E-state index in [1.165, 1.54) is 96.3 Å². The van der Waals surface area contributed by atoms with Gasteiger partial charge in [0.05, 0.1) is 0 Å². The quantitative estimate of drug-likeness (QED) is 0.0199. The highest BCUT2D eigenvalue weighted by atomic mass is 16.6. The van der Waals surface area contributed by atoms with Gasteiger partial charge >= 0.3 is 17.9 Å². The summed E-state index contributed by atoms with van der Waals surface area (Å²) in [5, 5.41) is 0. The molecule has 1 atom stereocenters. The van der Waals surface area contributed by atoms with E-state index in [4.69, 9.17) is 14.2 Å². The average molecular weight is 958 g/mol. The molecule has 6 nitrogen and oxygen atoms in total. The maximum absolute atomic E-state index is 12.9. The SMILES string of the molecule is CC/C=C\C/C=C\C/C=C\CCCCCCC(=O)OCC(COC(=O)CCCCCCCCCCCC/C=C\C=C/CCCCC)OC(=O)CCCCCCC\C=C/C=C\C=C/C=C\CCCCC. The number of esters is 3. The molecular weight excluding hydrogens is 853 g/mol. The largest absolute Gasteiger partial charge is 0.462 e. The van der Waals surface area contributed by atoms with Crippen LogP contribution in [0.5, 0.6) is 0 Å². The highest BCUT2D eigenvalue weighted by molar-refractivity contribution is 5.71. The van der Waals surface area contributed by atoms with Gasteiger partial charge < -0.3 is 14.2 Å². The molecule has 1 unspecified atom stereocenters. The van der Waals surface area contributed by atoms with Gasteiger partial charge in [0.15, 0.2) is 6.10 Å². The molecule has 0 rings (SSSR count). The summed E-state index contributed by atoms with van der Waals surface area (Å²) in [6, 6.07) is 0. The Morgan fingerprint density at radius 3 is 1.03 bits per heavy atom. The first kappa shape index (κ1) is 65.1. The maximum Gasteiger partial charge on any atom is 0.306 e. The number of hydrogen-bond donors (Lipinski definition) is 0. The standard InChI is InChI=1S/C63H104O6/c1-4-7-10-13-16-19-22-25-28-30-32-34-35-38-41-44-47-50-53-56-62(65)68-59-60(58-67-61(64)55-52-49-46-43-40-37-27-24-21-18-15-12-9-6-3)69-63(66)57-54-51-48-45-42-39-36-33-31-29-26-23-20-17-14-11-8-5-2/h9,12,16-23,25-27,29,31,33,36-37,60H,4-8,10-11,13-15,24,28,30,32,34-35,38-59H2,1-3H3/b12-9-,19-16-,20-17-,21-18-,25-22-,26-23-,31-29-,36-33-,37-27-. The van der Waals surface area contributed by atoms with Crippen molar-refractivity contribution in [1.82, 2.24) is 0 Å².